The molecule has 0 fully saturated rings. The molecule has 0 saturated carbocycles. The van der Waals surface area contributed by atoms with Crippen molar-refractivity contribution in [1.82, 2.24) is 4.98 Å². The van der Waals surface area contributed by atoms with Gasteiger partial charge in [-0.15, -0.1) is 0 Å². The molecule has 1 heterocycles. The van der Waals surface area contributed by atoms with Gasteiger partial charge in [0.1, 0.15) is 5.71 Å². The largest absolute Gasteiger partial charge is 0.411 e. The molecule has 1 aliphatic rings. The van der Waals surface area contributed by atoms with Crippen molar-refractivity contribution in [2.75, 3.05) is 0 Å². The van der Waals surface area contributed by atoms with Gasteiger partial charge in [-0.1, -0.05) is 23.4 Å². The van der Waals surface area contributed by atoms with Crippen LogP contribution in [-0.2, 0) is 6.42 Å². The summed E-state index contributed by atoms with van der Waals surface area (Å²) in [5.74, 6) is 0. The lowest BCUT2D eigenvalue weighted by atomic mass is 10.1. The Kier molecular flexibility index (Phi) is 1.42. The minimum absolute atomic E-state index is 0.774. The lowest BCUT2D eigenvalue weighted by Gasteiger charge is -1.91. The molecule has 0 atom stereocenters. The van der Waals surface area contributed by atoms with Crippen LogP contribution in [0.5, 0.6) is 0 Å². The van der Waals surface area contributed by atoms with E-state index < -0.39 is 0 Å². The van der Waals surface area contributed by atoms with Crippen molar-refractivity contribution >= 4 is 16.6 Å². The molecule has 0 saturated heterocycles. The lowest BCUT2D eigenvalue weighted by Crippen LogP contribution is -1.94. The van der Waals surface area contributed by atoms with Crippen molar-refractivity contribution < 1.29 is 5.21 Å². The third-order valence-electron chi connectivity index (χ3n) is 2.83. The zero-order valence-corrected chi connectivity index (χ0v) is 7.62. The topological polar surface area (TPSA) is 48.4 Å². The van der Waals surface area contributed by atoms with Gasteiger partial charge in [0.15, 0.2) is 0 Å². The van der Waals surface area contributed by atoms with Crippen molar-refractivity contribution in [3.63, 3.8) is 0 Å². The highest BCUT2D eigenvalue weighted by atomic mass is 16.4. The number of rotatable bonds is 0. The van der Waals surface area contributed by atoms with E-state index in [1.165, 1.54) is 10.9 Å². The highest BCUT2D eigenvalue weighted by molar-refractivity contribution is 6.08. The Morgan fingerprint density at radius 1 is 1.21 bits per heavy atom. The molecule has 3 heteroatoms. The average Bonchev–Trinajstić information content (AvgIpc) is 2.75. The number of fused-ring (bicyclic) bond motifs is 3. The lowest BCUT2D eigenvalue weighted by molar-refractivity contribution is 0.318. The number of hydrogen-bond donors (Lipinski definition) is 2. The molecule has 0 bridgehead atoms. The Bertz CT molecular complexity index is 525. The summed E-state index contributed by atoms with van der Waals surface area (Å²) < 4.78 is 0. The molecule has 1 aliphatic carbocycles. The smallest absolute Gasteiger partial charge is 0.104 e. The van der Waals surface area contributed by atoms with Gasteiger partial charge < -0.3 is 10.2 Å². The fourth-order valence-corrected chi connectivity index (χ4v) is 2.17. The van der Waals surface area contributed by atoms with Gasteiger partial charge in [0.25, 0.3) is 0 Å². The number of benzene rings is 1. The third kappa shape index (κ3) is 0.839. The molecule has 3 rings (SSSR count). The van der Waals surface area contributed by atoms with E-state index in [0.29, 0.717) is 0 Å². The Balaban J connectivity index is 2.37. The van der Waals surface area contributed by atoms with Gasteiger partial charge in [-0.05, 0) is 24.5 Å². The van der Waals surface area contributed by atoms with Crippen molar-refractivity contribution in [3.05, 3.63) is 35.5 Å². The van der Waals surface area contributed by atoms with Gasteiger partial charge in [-0.3, -0.25) is 0 Å². The Labute approximate surface area is 81.1 Å². The predicted octanol–water partition coefficient (Wildman–Crippen LogP) is 2.29. The molecular formula is C11H10N2O. The molecule has 1 aromatic heterocycles. The molecule has 2 aromatic rings. The molecule has 0 radical (unpaired) electrons. The van der Waals surface area contributed by atoms with Crippen LogP contribution in [0.3, 0.4) is 0 Å². The predicted molar refractivity (Wildman–Crippen MR) is 54.9 cm³/mol. The van der Waals surface area contributed by atoms with E-state index in [9.17, 15) is 0 Å². The van der Waals surface area contributed by atoms with E-state index in [2.05, 4.69) is 16.2 Å². The zero-order valence-electron chi connectivity index (χ0n) is 7.62. The van der Waals surface area contributed by atoms with Crippen LogP contribution in [0, 0.1) is 0 Å². The number of aryl methyl sites for hydroxylation is 1. The summed E-state index contributed by atoms with van der Waals surface area (Å²) in [6, 6.07) is 8.18. The van der Waals surface area contributed by atoms with E-state index in [4.69, 9.17) is 5.21 Å². The van der Waals surface area contributed by atoms with Gasteiger partial charge in [-0.25, -0.2) is 0 Å². The standard InChI is InChI=1S/C11H10N2O/c14-13-10-6-5-8-7-3-1-2-4-9(7)12-11(8)10/h1-4,12,14H,5-6H2/b13-10-. The maximum absolute atomic E-state index is 8.81. The fraction of sp³-hybridized carbons (Fsp3) is 0.182. The summed E-state index contributed by atoms with van der Waals surface area (Å²) in [5.41, 5.74) is 4.19. The Hall–Kier alpha value is -1.77. The highest BCUT2D eigenvalue weighted by Gasteiger charge is 2.22. The second kappa shape index (κ2) is 2.61. The third-order valence-corrected chi connectivity index (χ3v) is 2.83. The fourth-order valence-electron chi connectivity index (χ4n) is 2.17. The monoisotopic (exact) mass is 186 g/mol. The quantitative estimate of drug-likeness (QED) is 0.481. The van der Waals surface area contributed by atoms with Crippen LogP contribution in [-0.4, -0.2) is 15.9 Å². The van der Waals surface area contributed by atoms with Crippen LogP contribution >= 0.6 is 0 Å². The molecule has 70 valence electrons. The van der Waals surface area contributed by atoms with E-state index in [-0.39, 0.29) is 0 Å². The average molecular weight is 186 g/mol. The first kappa shape index (κ1) is 7.62. The van der Waals surface area contributed by atoms with Crippen molar-refractivity contribution in [2.45, 2.75) is 12.8 Å². The summed E-state index contributed by atoms with van der Waals surface area (Å²) >= 11 is 0. The number of nitrogens with zero attached hydrogens (tertiary/aromatic N) is 1. The maximum Gasteiger partial charge on any atom is 0.104 e. The van der Waals surface area contributed by atoms with Crippen LogP contribution in [0.2, 0.25) is 0 Å². The van der Waals surface area contributed by atoms with E-state index in [1.54, 1.807) is 0 Å². The summed E-state index contributed by atoms with van der Waals surface area (Å²) in [6.07, 6.45) is 1.81. The molecule has 14 heavy (non-hydrogen) atoms. The minimum Gasteiger partial charge on any atom is -0.411 e. The van der Waals surface area contributed by atoms with Gasteiger partial charge in [0, 0.05) is 10.9 Å². The number of aromatic nitrogens is 1. The number of aromatic amines is 1. The first-order valence-corrected chi connectivity index (χ1v) is 4.71. The SMILES string of the molecule is O/N=C1/CCc2c1[nH]c1ccccc21. The summed E-state index contributed by atoms with van der Waals surface area (Å²) in [6.45, 7) is 0. The van der Waals surface area contributed by atoms with Gasteiger partial charge in [-0.2, -0.15) is 0 Å². The van der Waals surface area contributed by atoms with Crippen molar-refractivity contribution in [2.24, 2.45) is 5.16 Å². The van der Waals surface area contributed by atoms with Crippen molar-refractivity contribution in [3.8, 4) is 0 Å². The van der Waals surface area contributed by atoms with E-state index in [1.807, 2.05) is 18.2 Å². The number of nitrogens with one attached hydrogen (secondary N) is 1. The minimum atomic E-state index is 0.774. The first-order chi connectivity index (χ1) is 6.90. The molecule has 1 aromatic carbocycles. The second-order valence-corrected chi connectivity index (χ2v) is 3.57. The molecule has 0 aliphatic heterocycles. The molecule has 0 unspecified atom stereocenters. The van der Waals surface area contributed by atoms with E-state index in [0.717, 1.165) is 29.8 Å². The molecular weight excluding hydrogens is 176 g/mol. The maximum atomic E-state index is 8.81. The number of para-hydroxylation sites is 1. The van der Waals surface area contributed by atoms with Gasteiger partial charge >= 0.3 is 0 Å². The van der Waals surface area contributed by atoms with Crippen LogP contribution in [0.25, 0.3) is 10.9 Å². The van der Waals surface area contributed by atoms with E-state index >= 15 is 0 Å². The highest BCUT2D eigenvalue weighted by Crippen LogP contribution is 2.29. The molecule has 2 N–H and O–H groups in total. The first-order valence-electron chi connectivity index (χ1n) is 4.71. The molecule has 0 amide bonds. The van der Waals surface area contributed by atoms with Gasteiger partial charge in [0.2, 0.25) is 0 Å². The number of oxime groups is 1. The molecule has 3 nitrogen and oxygen atoms in total. The van der Waals surface area contributed by atoms with Crippen molar-refractivity contribution in [1.29, 1.82) is 0 Å². The Morgan fingerprint density at radius 3 is 2.93 bits per heavy atom. The van der Waals surface area contributed by atoms with Gasteiger partial charge in [0.05, 0.1) is 5.69 Å². The van der Waals surface area contributed by atoms with Crippen LogP contribution < -0.4 is 0 Å². The summed E-state index contributed by atoms with van der Waals surface area (Å²) in [5, 5.41) is 13.4. The summed E-state index contributed by atoms with van der Waals surface area (Å²) in [7, 11) is 0. The molecule has 0 spiro atoms. The zero-order chi connectivity index (χ0) is 9.54. The normalized spacial score (nSPS) is 17.9. The summed E-state index contributed by atoms with van der Waals surface area (Å²) in [4.78, 5) is 3.29. The van der Waals surface area contributed by atoms with Crippen LogP contribution in [0.15, 0.2) is 29.4 Å². The van der Waals surface area contributed by atoms with Crippen LogP contribution in [0.4, 0.5) is 0 Å². The number of H-pyrrole nitrogens is 1. The number of hydrogen-bond acceptors (Lipinski definition) is 2. The van der Waals surface area contributed by atoms with Crippen LogP contribution in [0.1, 0.15) is 17.7 Å². The Morgan fingerprint density at radius 2 is 2.07 bits per heavy atom. The second-order valence-electron chi connectivity index (χ2n) is 3.57.